The number of ketones is 1. The Kier molecular flexibility index (Phi) is 3.58. The van der Waals surface area contributed by atoms with E-state index in [2.05, 4.69) is 31.9 Å². The van der Waals surface area contributed by atoms with E-state index in [0.717, 1.165) is 12.8 Å². The van der Waals surface area contributed by atoms with Crippen LogP contribution in [0, 0.1) is 17.7 Å². The fourth-order valence-corrected chi connectivity index (χ4v) is 4.21. The van der Waals surface area contributed by atoms with Crippen molar-refractivity contribution in [2.45, 2.75) is 32.0 Å². The largest absolute Gasteiger partial charge is 0.351 e. The van der Waals surface area contributed by atoms with Gasteiger partial charge in [0.1, 0.15) is 11.7 Å². The summed E-state index contributed by atoms with van der Waals surface area (Å²) in [5.74, 6) is -5.68. The number of ether oxygens (including phenoxy) is 2. The van der Waals surface area contributed by atoms with E-state index in [1.54, 1.807) is 0 Å². The van der Waals surface area contributed by atoms with Crippen LogP contribution in [0.5, 0.6) is 0 Å². The molecule has 0 aromatic heterocycles. The normalized spacial score (nSPS) is 43.4. The first-order valence-electron chi connectivity index (χ1n) is 7.00. The monoisotopic (exact) mass is 382 g/mol. The summed E-state index contributed by atoms with van der Waals surface area (Å²) in [6.07, 6.45) is 2.32. The number of unbranched alkanes of at least 4 members (excludes halogenated alkanes) is 1. The van der Waals surface area contributed by atoms with E-state index in [1.807, 2.05) is 6.92 Å². The number of halogens is 2. The summed E-state index contributed by atoms with van der Waals surface area (Å²) < 4.78 is 29.2. The van der Waals surface area contributed by atoms with Crippen molar-refractivity contribution in [2.75, 3.05) is 14.2 Å². The number of rotatable bonds is 5. The highest BCUT2D eigenvalue weighted by molar-refractivity contribution is 9.14. The molecule has 2 bridgehead atoms. The van der Waals surface area contributed by atoms with Crippen LogP contribution in [-0.2, 0) is 14.3 Å². The molecule has 0 saturated heterocycles. The molecule has 102 valence electrons. The topological polar surface area (TPSA) is 35.5 Å². The Hall–Kier alpha value is 0.290. The van der Waals surface area contributed by atoms with Crippen molar-refractivity contribution in [3.8, 4) is 0 Å². The summed E-state index contributed by atoms with van der Waals surface area (Å²) in [6.45, 7) is 2.03. The molecule has 3 nitrogen and oxygen atoms in total. The van der Waals surface area contributed by atoms with Gasteiger partial charge in [-0.25, -0.2) is 0 Å². The SMILES string of the molecule is [2H][C@@]12C(=O)[C@@H](CCCC)[C@@]([2H])(C(Br)=C1Br)C2(OC)OC. The number of carbonyl (C=O) groups is 1. The summed E-state index contributed by atoms with van der Waals surface area (Å²) in [5, 5.41) is 0. The molecule has 0 amide bonds. The van der Waals surface area contributed by atoms with Gasteiger partial charge in [-0.05, 0) is 6.42 Å². The fraction of sp³-hybridized carbons (Fsp3) is 0.769. The molecule has 0 aliphatic heterocycles. The lowest BCUT2D eigenvalue weighted by atomic mass is 9.87. The lowest BCUT2D eigenvalue weighted by molar-refractivity contribution is -0.232. The van der Waals surface area contributed by atoms with Crippen LogP contribution >= 0.6 is 31.9 Å². The van der Waals surface area contributed by atoms with Crippen LogP contribution in [-0.4, -0.2) is 25.8 Å². The second-order valence-corrected chi connectivity index (χ2v) is 6.09. The standard InChI is InChI=1S/C13H18Br2O3/c1-4-5-6-7-8-10(14)11(15)9(12(7)16)13(8,17-2)18-3/h7-9H,4-6H2,1-3H3/t7-,8-,9-/m0/s1/i8D,9D. The smallest absolute Gasteiger partial charge is 0.190 e. The molecule has 2 rings (SSSR count). The fourth-order valence-electron chi connectivity index (χ4n) is 2.80. The minimum atomic E-state index is -1.73. The lowest BCUT2D eigenvalue weighted by Crippen LogP contribution is -2.41. The molecule has 0 N–H and O–H groups in total. The molecule has 0 aromatic carbocycles. The van der Waals surface area contributed by atoms with Crippen LogP contribution in [0.15, 0.2) is 8.96 Å². The first-order chi connectivity index (χ1) is 9.29. The predicted octanol–water partition coefficient (Wildman–Crippen LogP) is 3.61. The van der Waals surface area contributed by atoms with Crippen molar-refractivity contribution in [1.29, 1.82) is 0 Å². The summed E-state index contributed by atoms with van der Waals surface area (Å²) >= 11 is 6.67. The zero-order valence-electron chi connectivity index (χ0n) is 12.7. The molecule has 0 heterocycles. The number of methoxy groups -OCH3 is 2. The maximum Gasteiger partial charge on any atom is 0.190 e. The second kappa shape index (κ2) is 5.35. The van der Waals surface area contributed by atoms with E-state index >= 15 is 0 Å². The van der Waals surface area contributed by atoms with Gasteiger partial charge in [0, 0.05) is 31.8 Å². The number of hydrogen-bond donors (Lipinski definition) is 0. The first-order valence-corrected chi connectivity index (χ1v) is 7.59. The van der Waals surface area contributed by atoms with Crippen LogP contribution < -0.4 is 0 Å². The molecule has 5 heteroatoms. The summed E-state index contributed by atoms with van der Waals surface area (Å²) in [7, 11) is 2.77. The Morgan fingerprint density at radius 1 is 1.33 bits per heavy atom. The number of fused-ring (bicyclic) bond motifs is 2. The Morgan fingerprint density at radius 2 is 1.94 bits per heavy atom. The van der Waals surface area contributed by atoms with Gasteiger partial charge in [-0.2, -0.15) is 0 Å². The highest BCUT2D eigenvalue weighted by atomic mass is 79.9. The molecule has 1 fully saturated rings. The Labute approximate surface area is 127 Å². The zero-order chi connectivity index (χ0) is 15.3. The van der Waals surface area contributed by atoms with Gasteiger partial charge in [-0.15, -0.1) is 0 Å². The van der Waals surface area contributed by atoms with Crippen molar-refractivity contribution >= 4 is 37.6 Å². The predicted molar refractivity (Wildman–Crippen MR) is 76.6 cm³/mol. The van der Waals surface area contributed by atoms with Gasteiger partial charge in [-0.1, -0.05) is 51.6 Å². The lowest BCUT2D eigenvalue weighted by Gasteiger charge is -2.32. The van der Waals surface area contributed by atoms with Crippen molar-refractivity contribution in [3.05, 3.63) is 8.96 Å². The van der Waals surface area contributed by atoms with Gasteiger partial charge in [0.2, 0.25) is 0 Å². The maximum absolute atomic E-state index is 12.7. The van der Waals surface area contributed by atoms with Crippen molar-refractivity contribution < 1.29 is 17.0 Å². The third kappa shape index (κ3) is 1.78. The average Bonchev–Trinajstić information content (AvgIpc) is 2.67. The average molecular weight is 384 g/mol. The van der Waals surface area contributed by atoms with Crippen LogP contribution in [0.1, 0.15) is 28.9 Å². The molecule has 2 aliphatic carbocycles. The quantitative estimate of drug-likeness (QED) is 0.680. The van der Waals surface area contributed by atoms with E-state index in [4.69, 9.17) is 12.2 Å². The molecule has 18 heavy (non-hydrogen) atoms. The molecule has 0 radical (unpaired) electrons. The minimum absolute atomic E-state index is 0.306. The Balaban J connectivity index is 2.64. The van der Waals surface area contributed by atoms with E-state index < -0.39 is 23.5 Å². The van der Waals surface area contributed by atoms with Crippen LogP contribution in [0.2, 0.25) is 0 Å². The van der Waals surface area contributed by atoms with Crippen LogP contribution in [0.3, 0.4) is 0 Å². The van der Waals surface area contributed by atoms with Gasteiger partial charge < -0.3 is 9.47 Å². The highest BCUT2D eigenvalue weighted by Crippen LogP contribution is 2.62. The third-order valence-corrected chi connectivity index (χ3v) is 5.81. The number of hydrogen-bond acceptors (Lipinski definition) is 3. The van der Waals surface area contributed by atoms with Gasteiger partial charge >= 0.3 is 0 Å². The minimum Gasteiger partial charge on any atom is -0.351 e. The molecule has 2 aliphatic rings. The molecule has 0 spiro atoms. The molecular formula is C13H18Br2O3. The van der Waals surface area contributed by atoms with E-state index in [9.17, 15) is 4.79 Å². The zero-order valence-corrected chi connectivity index (χ0v) is 13.9. The van der Waals surface area contributed by atoms with Gasteiger partial charge in [0.05, 0.1) is 5.89 Å². The highest BCUT2D eigenvalue weighted by Gasteiger charge is 2.67. The second-order valence-electron chi connectivity index (χ2n) is 4.50. The third-order valence-electron chi connectivity index (χ3n) is 3.66. The van der Waals surface area contributed by atoms with Gasteiger partial charge in [0.15, 0.2) is 5.79 Å². The van der Waals surface area contributed by atoms with Gasteiger partial charge in [-0.3, -0.25) is 4.79 Å². The molecule has 1 saturated carbocycles. The Bertz CT molecular complexity index is 478. The Morgan fingerprint density at radius 3 is 2.39 bits per heavy atom. The van der Waals surface area contributed by atoms with Crippen LogP contribution in [0.25, 0.3) is 0 Å². The maximum atomic E-state index is 12.7. The van der Waals surface area contributed by atoms with E-state index in [1.165, 1.54) is 14.2 Å². The molecular weight excluding hydrogens is 364 g/mol. The van der Waals surface area contributed by atoms with Gasteiger partial charge in [0.25, 0.3) is 0 Å². The van der Waals surface area contributed by atoms with Crippen molar-refractivity contribution in [1.82, 2.24) is 0 Å². The molecule has 0 unspecified atom stereocenters. The molecule has 3 atom stereocenters. The number of Topliss-reactive ketones (excluding diaryl/α,β-unsaturated/α-hetero) is 1. The van der Waals surface area contributed by atoms with Crippen molar-refractivity contribution in [2.24, 2.45) is 17.7 Å². The number of carbonyl (C=O) groups excluding carboxylic acids is 1. The van der Waals surface area contributed by atoms with E-state index in [-0.39, 0.29) is 5.78 Å². The van der Waals surface area contributed by atoms with Crippen LogP contribution in [0.4, 0.5) is 0 Å². The van der Waals surface area contributed by atoms with E-state index in [0.29, 0.717) is 15.4 Å². The summed E-state index contributed by atoms with van der Waals surface area (Å²) in [4.78, 5) is 12.7. The summed E-state index contributed by atoms with van der Waals surface area (Å²) in [5.41, 5.74) is 0. The molecule has 0 aromatic rings. The first kappa shape index (κ1) is 12.1. The van der Waals surface area contributed by atoms with Crippen molar-refractivity contribution in [3.63, 3.8) is 0 Å². The summed E-state index contributed by atoms with van der Waals surface area (Å²) in [6, 6.07) is 0.